The smallest absolute Gasteiger partial charge is 0.119 e. The first-order chi connectivity index (χ1) is 8.13. The summed E-state index contributed by atoms with van der Waals surface area (Å²) >= 11 is 0. The quantitative estimate of drug-likeness (QED) is 0.875. The Hall–Kier alpha value is -1.06. The highest BCUT2D eigenvalue weighted by Crippen LogP contribution is 2.33. The van der Waals surface area contributed by atoms with Crippen LogP contribution in [0.1, 0.15) is 30.5 Å². The Balaban J connectivity index is 2.21. The number of benzene rings is 1. The number of hydrogen-bond donors (Lipinski definition) is 1. The van der Waals surface area contributed by atoms with Crippen LogP contribution < -0.4 is 10.5 Å². The predicted molar refractivity (Wildman–Crippen MR) is 68.2 cm³/mol. The minimum Gasteiger partial charge on any atom is -0.497 e. The molecule has 2 N–H and O–H groups in total. The molecule has 1 fully saturated rings. The van der Waals surface area contributed by atoms with Gasteiger partial charge < -0.3 is 15.2 Å². The van der Waals surface area contributed by atoms with Gasteiger partial charge in [-0.15, -0.1) is 0 Å². The molecule has 2 rings (SSSR count). The van der Waals surface area contributed by atoms with Gasteiger partial charge in [0.15, 0.2) is 0 Å². The van der Waals surface area contributed by atoms with E-state index in [0.29, 0.717) is 5.92 Å². The summed E-state index contributed by atoms with van der Waals surface area (Å²) in [7, 11) is 1.68. The van der Waals surface area contributed by atoms with Crippen LogP contribution in [0.5, 0.6) is 5.75 Å². The summed E-state index contributed by atoms with van der Waals surface area (Å²) < 4.78 is 10.8. The van der Waals surface area contributed by atoms with E-state index < -0.39 is 0 Å². The van der Waals surface area contributed by atoms with Crippen LogP contribution in [-0.4, -0.2) is 19.8 Å². The Kier molecular flexibility index (Phi) is 3.69. The molecule has 94 valence electrons. The summed E-state index contributed by atoms with van der Waals surface area (Å²) in [4.78, 5) is 0. The Morgan fingerprint density at radius 3 is 2.76 bits per heavy atom. The van der Waals surface area contributed by atoms with Gasteiger partial charge >= 0.3 is 0 Å². The van der Waals surface area contributed by atoms with Crippen molar-refractivity contribution in [2.75, 3.05) is 13.7 Å². The van der Waals surface area contributed by atoms with E-state index >= 15 is 0 Å². The van der Waals surface area contributed by atoms with E-state index in [0.717, 1.165) is 18.8 Å². The molecule has 3 heteroatoms. The van der Waals surface area contributed by atoms with E-state index in [1.807, 2.05) is 12.1 Å². The fraction of sp³-hybridized carbons (Fsp3) is 0.571. The van der Waals surface area contributed by atoms with Crippen molar-refractivity contribution in [2.24, 2.45) is 11.7 Å². The number of nitrogens with two attached hydrogens (primary N) is 1. The lowest BCUT2D eigenvalue weighted by Gasteiger charge is -2.24. The molecule has 1 aliphatic heterocycles. The highest BCUT2D eigenvalue weighted by molar-refractivity contribution is 5.37. The summed E-state index contributed by atoms with van der Waals surface area (Å²) in [5.74, 6) is 1.30. The van der Waals surface area contributed by atoms with Crippen molar-refractivity contribution in [2.45, 2.75) is 32.4 Å². The highest BCUT2D eigenvalue weighted by Gasteiger charge is 2.31. The molecule has 3 atom stereocenters. The Labute approximate surface area is 103 Å². The lowest BCUT2D eigenvalue weighted by atomic mass is 9.87. The maximum absolute atomic E-state index is 6.36. The number of aryl methyl sites for hydroxylation is 1. The van der Waals surface area contributed by atoms with Gasteiger partial charge in [0, 0.05) is 18.6 Å². The predicted octanol–water partition coefficient (Wildman–Crippen LogP) is 2.43. The van der Waals surface area contributed by atoms with Crippen LogP contribution in [0.15, 0.2) is 18.2 Å². The average Bonchev–Trinajstić information content (AvgIpc) is 2.74. The molecule has 3 nitrogen and oxygen atoms in total. The van der Waals surface area contributed by atoms with Gasteiger partial charge in [0.25, 0.3) is 0 Å². The standard InChI is InChI=1S/C14H21NO2/c1-9-8-11(16-3)4-5-12(9)14(15)13-6-7-17-10(13)2/h4-5,8,10,13-14H,6-7,15H2,1-3H3. The molecule has 1 aromatic carbocycles. The summed E-state index contributed by atoms with van der Waals surface area (Å²) in [6.07, 6.45) is 1.31. The summed E-state index contributed by atoms with van der Waals surface area (Å²) in [5.41, 5.74) is 8.75. The lowest BCUT2D eigenvalue weighted by molar-refractivity contribution is 0.0994. The van der Waals surface area contributed by atoms with Crippen molar-refractivity contribution in [1.82, 2.24) is 0 Å². The van der Waals surface area contributed by atoms with Gasteiger partial charge in [0.05, 0.1) is 13.2 Å². The highest BCUT2D eigenvalue weighted by atomic mass is 16.5. The lowest BCUT2D eigenvalue weighted by Crippen LogP contribution is -2.27. The molecular weight excluding hydrogens is 214 g/mol. The van der Waals surface area contributed by atoms with E-state index in [-0.39, 0.29) is 12.1 Å². The molecule has 1 heterocycles. The number of hydrogen-bond acceptors (Lipinski definition) is 3. The van der Waals surface area contributed by atoms with Crippen molar-refractivity contribution in [3.05, 3.63) is 29.3 Å². The molecule has 0 radical (unpaired) electrons. The third kappa shape index (κ3) is 2.45. The van der Waals surface area contributed by atoms with Crippen molar-refractivity contribution in [3.63, 3.8) is 0 Å². The Morgan fingerprint density at radius 2 is 2.24 bits per heavy atom. The van der Waals surface area contributed by atoms with Crippen molar-refractivity contribution in [1.29, 1.82) is 0 Å². The van der Waals surface area contributed by atoms with E-state index in [1.165, 1.54) is 11.1 Å². The zero-order valence-corrected chi connectivity index (χ0v) is 10.8. The molecule has 1 aromatic rings. The van der Waals surface area contributed by atoms with E-state index in [9.17, 15) is 0 Å². The normalized spacial score (nSPS) is 25.9. The van der Waals surface area contributed by atoms with Crippen LogP contribution in [0.3, 0.4) is 0 Å². The minimum absolute atomic E-state index is 0.0541. The molecule has 3 unspecified atom stereocenters. The molecule has 0 aromatic heterocycles. The van der Waals surface area contributed by atoms with E-state index in [4.69, 9.17) is 15.2 Å². The molecule has 0 aliphatic carbocycles. The average molecular weight is 235 g/mol. The third-order valence-corrected chi connectivity index (χ3v) is 3.73. The van der Waals surface area contributed by atoms with Crippen LogP contribution in [0.25, 0.3) is 0 Å². The van der Waals surface area contributed by atoms with Gasteiger partial charge in [-0.05, 0) is 43.5 Å². The Bertz CT molecular complexity index is 392. The first kappa shape index (κ1) is 12.4. The number of rotatable bonds is 3. The molecule has 0 bridgehead atoms. The van der Waals surface area contributed by atoms with Gasteiger partial charge in [0.2, 0.25) is 0 Å². The molecule has 17 heavy (non-hydrogen) atoms. The van der Waals surface area contributed by atoms with Crippen LogP contribution in [0, 0.1) is 12.8 Å². The molecule has 0 saturated carbocycles. The monoisotopic (exact) mass is 235 g/mol. The van der Waals surface area contributed by atoms with Crippen LogP contribution in [-0.2, 0) is 4.74 Å². The first-order valence-corrected chi connectivity index (χ1v) is 6.15. The largest absolute Gasteiger partial charge is 0.497 e. The minimum atomic E-state index is 0.0541. The van der Waals surface area contributed by atoms with Gasteiger partial charge in [-0.3, -0.25) is 0 Å². The van der Waals surface area contributed by atoms with Gasteiger partial charge in [-0.25, -0.2) is 0 Å². The molecule has 0 amide bonds. The molecule has 1 saturated heterocycles. The van der Waals surface area contributed by atoms with Gasteiger partial charge in [-0.2, -0.15) is 0 Å². The van der Waals surface area contributed by atoms with Crippen molar-refractivity contribution >= 4 is 0 Å². The fourth-order valence-corrected chi connectivity index (χ4v) is 2.60. The zero-order chi connectivity index (χ0) is 12.4. The van der Waals surface area contributed by atoms with Crippen molar-refractivity contribution < 1.29 is 9.47 Å². The maximum Gasteiger partial charge on any atom is 0.119 e. The second-order valence-electron chi connectivity index (χ2n) is 4.78. The topological polar surface area (TPSA) is 44.5 Å². The zero-order valence-electron chi connectivity index (χ0n) is 10.8. The van der Waals surface area contributed by atoms with E-state index in [1.54, 1.807) is 7.11 Å². The summed E-state index contributed by atoms with van der Waals surface area (Å²) in [6.45, 7) is 5.02. The second kappa shape index (κ2) is 5.07. The van der Waals surface area contributed by atoms with E-state index in [2.05, 4.69) is 19.9 Å². The molecular formula is C14H21NO2. The van der Waals surface area contributed by atoms with Gasteiger partial charge in [0.1, 0.15) is 5.75 Å². The molecule has 0 spiro atoms. The summed E-state index contributed by atoms with van der Waals surface area (Å²) in [5, 5.41) is 0. The van der Waals surface area contributed by atoms with Crippen LogP contribution >= 0.6 is 0 Å². The SMILES string of the molecule is COc1ccc(C(N)C2CCOC2C)c(C)c1. The summed E-state index contributed by atoms with van der Waals surface area (Å²) in [6, 6.07) is 6.14. The fourth-order valence-electron chi connectivity index (χ4n) is 2.60. The third-order valence-electron chi connectivity index (χ3n) is 3.73. The maximum atomic E-state index is 6.36. The second-order valence-corrected chi connectivity index (χ2v) is 4.78. The Morgan fingerprint density at radius 1 is 1.47 bits per heavy atom. The van der Waals surface area contributed by atoms with Crippen LogP contribution in [0.2, 0.25) is 0 Å². The molecule has 1 aliphatic rings. The number of ether oxygens (including phenoxy) is 2. The number of methoxy groups -OCH3 is 1. The van der Waals surface area contributed by atoms with Crippen LogP contribution in [0.4, 0.5) is 0 Å². The van der Waals surface area contributed by atoms with Crippen molar-refractivity contribution in [3.8, 4) is 5.75 Å². The first-order valence-electron chi connectivity index (χ1n) is 6.15. The van der Waals surface area contributed by atoms with Gasteiger partial charge in [-0.1, -0.05) is 6.07 Å².